The zero-order valence-corrected chi connectivity index (χ0v) is 23.1. The lowest BCUT2D eigenvalue weighted by atomic mass is 9.91. The van der Waals surface area contributed by atoms with Gasteiger partial charge in [0.1, 0.15) is 11.5 Å². The van der Waals surface area contributed by atoms with Crippen molar-refractivity contribution in [2.75, 3.05) is 20.8 Å². The van der Waals surface area contributed by atoms with Crippen LogP contribution < -0.4 is 14.8 Å². The Labute approximate surface area is 227 Å². The quantitative estimate of drug-likeness (QED) is 0.414. The number of ether oxygens (including phenoxy) is 3. The normalized spacial score (nSPS) is 17.3. The predicted octanol–water partition coefficient (Wildman–Crippen LogP) is 5.28. The van der Waals surface area contributed by atoms with E-state index in [1.54, 1.807) is 27.2 Å². The third kappa shape index (κ3) is 5.72. The molecule has 2 aromatic rings. The number of nitrogens with zero attached hydrogens (tertiary/aromatic N) is 2. The molecule has 0 aliphatic carbocycles. The minimum atomic E-state index is -0.626. The first kappa shape index (κ1) is 27.3. The number of amidine groups is 1. The summed E-state index contributed by atoms with van der Waals surface area (Å²) in [5.74, 6) is 0.603. The van der Waals surface area contributed by atoms with Crippen molar-refractivity contribution in [3.63, 3.8) is 0 Å². The average molecular weight is 536 g/mol. The number of methoxy groups -OCH3 is 2. The van der Waals surface area contributed by atoms with Crippen molar-refractivity contribution in [3.05, 3.63) is 76.3 Å². The summed E-state index contributed by atoms with van der Waals surface area (Å²) in [6.07, 6.45) is 0.975. The Morgan fingerprint density at radius 2 is 1.76 bits per heavy atom. The van der Waals surface area contributed by atoms with E-state index < -0.39 is 12.0 Å². The van der Waals surface area contributed by atoms with Crippen LogP contribution in [0.2, 0.25) is 0 Å². The number of nitrogens with one attached hydrogen (secondary N) is 1. The van der Waals surface area contributed by atoms with Crippen molar-refractivity contribution < 1.29 is 23.8 Å². The number of amides is 1. The highest BCUT2D eigenvalue weighted by Gasteiger charge is 2.42. The second-order valence-electron chi connectivity index (χ2n) is 8.94. The summed E-state index contributed by atoms with van der Waals surface area (Å²) in [5, 5.41) is 5.64. The van der Waals surface area contributed by atoms with Crippen LogP contribution in [0.4, 0.5) is 0 Å². The van der Waals surface area contributed by atoms with Crippen molar-refractivity contribution >= 4 is 34.5 Å². The van der Waals surface area contributed by atoms with Crippen molar-refractivity contribution in [3.8, 4) is 11.5 Å². The number of benzene rings is 2. The second kappa shape index (κ2) is 12.2. The summed E-state index contributed by atoms with van der Waals surface area (Å²) < 4.78 is 16.7. The molecule has 2 unspecified atom stereocenters. The summed E-state index contributed by atoms with van der Waals surface area (Å²) >= 11 is 1.43. The largest absolute Gasteiger partial charge is 0.497 e. The molecule has 1 N–H and O–H groups in total. The number of thioether (sulfide) groups is 1. The summed E-state index contributed by atoms with van der Waals surface area (Å²) in [6, 6.07) is 14.5. The van der Waals surface area contributed by atoms with Gasteiger partial charge in [-0.3, -0.25) is 4.79 Å². The Morgan fingerprint density at radius 1 is 1.08 bits per heavy atom. The number of esters is 1. The van der Waals surface area contributed by atoms with Gasteiger partial charge in [-0.1, -0.05) is 49.0 Å². The molecule has 200 valence electrons. The molecule has 2 aliphatic rings. The van der Waals surface area contributed by atoms with Crippen LogP contribution >= 0.6 is 11.8 Å². The number of hydrogen-bond acceptors (Lipinski definition) is 8. The van der Waals surface area contributed by atoms with Gasteiger partial charge in [-0.05, 0) is 43.4 Å². The lowest BCUT2D eigenvalue weighted by molar-refractivity contribution is -0.139. The smallest absolute Gasteiger partial charge is 0.338 e. The zero-order chi connectivity index (χ0) is 27.2. The number of aliphatic imine (C=N–C) groups is 1. The van der Waals surface area contributed by atoms with Crippen molar-refractivity contribution in [2.24, 2.45) is 4.99 Å². The Balaban J connectivity index is 1.90. The van der Waals surface area contributed by atoms with Crippen molar-refractivity contribution in [1.29, 1.82) is 0 Å². The summed E-state index contributed by atoms with van der Waals surface area (Å²) in [4.78, 5) is 33.4. The molecule has 0 saturated heterocycles. The molecule has 4 rings (SSSR count). The van der Waals surface area contributed by atoms with Gasteiger partial charge >= 0.3 is 5.97 Å². The standard InChI is InChI=1S/C29H33N3O5S/c1-6-18(3)30-24(33)15-21-17-38-29-31-26(19-11-9-8-10-12-19)25(28(34)37-7-2)27(32(21)29)20-13-22(35-4)16-23(14-20)36-5/h8-14,16-18,27H,6-7,15H2,1-5H3,(H,30,33). The van der Waals surface area contributed by atoms with E-state index in [4.69, 9.17) is 19.2 Å². The molecule has 2 atom stereocenters. The minimum Gasteiger partial charge on any atom is -0.497 e. The lowest BCUT2D eigenvalue weighted by Crippen LogP contribution is -2.39. The number of carbonyl (C=O) groups is 2. The fourth-order valence-electron chi connectivity index (χ4n) is 4.38. The highest BCUT2D eigenvalue weighted by Crippen LogP contribution is 2.48. The number of rotatable bonds is 10. The van der Waals surface area contributed by atoms with Gasteiger partial charge in [0.25, 0.3) is 0 Å². The van der Waals surface area contributed by atoms with E-state index in [0.29, 0.717) is 27.9 Å². The SMILES string of the molecule is CCOC(=O)C1=C(c2ccccc2)N=C2SC=C(CC(=O)NC(C)CC)N2C1c1cc(OC)cc(OC)c1. The van der Waals surface area contributed by atoms with Crippen molar-refractivity contribution in [2.45, 2.75) is 45.7 Å². The molecule has 38 heavy (non-hydrogen) atoms. The Morgan fingerprint density at radius 3 is 2.37 bits per heavy atom. The van der Waals surface area contributed by atoms with E-state index in [2.05, 4.69) is 5.32 Å². The number of fused-ring (bicyclic) bond motifs is 1. The molecule has 1 amide bonds. The second-order valence-corrected chi connectivity index (χ2v) is 9.78. The van der Waals surface area contributed by atoms with E-state index in [1.165, 1.54) is 11.8 Å². The maximum absolute atomic E-state index is 13.6. The van der Waals surface area contributed by atoms with Gasteiger partial charge in [0.15, 0.2) is 5.17 Å². The first-order valence-corrected chi connectivity index (χ1v) is 13.5. The molecule has 0 radical (unpaired) electrons. The minimum absolute atomic E-state index is 0.0600. The first-order valence-electron chi connectivity index (χ1n) is 12.6. The topological polar surface area (TPSA) is 89.5 Å². The fraction of sp³-hybridized carbons (Fsp3) is 0.345. The number of carbonyl (C=O) groups excluding carboxylic acids is 2. The van der Waals surface area contributed by atoms with E-state index in [0.717, 1.165) is 23.2 Å². The predicted molar refractivity (Wildman–Crippen MR) is 150 cm³/mol. The number of hydrogen-bond donors (Lipinski definition) is 1. The van der Waals surface area contributed by atoms with Crippen LogP contribution in [0.15, 0.2) is 70.2 Å². The molecule has 0 saturated carbocycles. The molecule has 2 aliphatic heterocycles. The molecular formula is C29H33N3O5S. The first-order chi connectivity index (χ1) is 18.4. The monoisotopic (exact) mass is 535 g/mol. The summed E-state index contributed by atoms with van der Waals surface area (Å²) in [7, 11) is 3.17. The zero-order valence-electron chi connectivity index (χ0n) is 22.3. The molecule has 0 bridgehead atoms. The molecule has 8 nitrogen and oxygen atoms in total. The van der Waals surface area contributed by atoms with E-state index in [-0.39, 0.29) is 25.0 Å². The third-order valence-electron chi connectivity index (χ3n) is 6.40. The van der Waals surface area contributed by atoms with Gasteiger partial charge in [0.05, 0.1) is 44.6 Å². The molecule has 2 heterocycles. The van der Waals surface area contributed by atoms with Crippen molar-refractivity contribution in [1.82, 2.24) is 10.2 Å². The van der Waals surface area contributed by atoms with Crippen LogP contribution in [-0.4, -0.2) is 48.8 Å². The van der Waals surface area contributed by atoms with Gasteiger partial charge in [-0.25, -0.2) is 9.79 Å². The van der Waals surface area contributed by atoms with Crippen LogP contribution in [0.5, 0.6) is 11.5 Å². The van der Waals surface area contributed by atoms with Gasteiger partial charge in [-0.2, -0.15) is 0 Å². The molecule has 2 aromatic carbocycles. The van der Waals surface area contributed by atoms with Crippen LogP contribution in [-0.2, 0) is 14.3 Å². The molecular weight excluding hydrogens is 502 g/mol. The van der Waals surface area contributed by atoms with Gasteiger partial charge in [0.2, 0.25) is 5.91 Å². The highest BCUT2D eigenvalue weighted by atomic mass is 32.2. The Bertz CT molecular complexity index is 1270. The average Bonchev–Trinajstić information content (AvgIpc) is 3.33. The summed E-state index contributed by atoms with van der Waals surface area (Å²) in [6.45, 7) is 5.99. The van der Waals surface area contributed by atoms with E-state index in [1.807, 2.05) is 66.6 Å². The lowest BCUT2D eigenvalue weighted by Gasteiger charge is -2.37. The molecule has 0 aromatic heterocycles. The molecule has 0 fully saturated rings. The Kier molecular flexibility index (Phi) is 8.78. The third-order valence-corrected chi connectivity index (χ3v) is 7.29. The van der Waals surface area contributed by atoms with Crippen LogP contribution in [0.1, 0.15) is 50.8 Å². The van der Waals surface area contributed by atoms with E-state index >= 15 is 0 Å². The van der Waals surface area contributed by atoms with E-state index in [9.17, 15) is 9.59 Å². The summed E-state index contributed by atoms with van der Waals surface area (Å²) in [5.41, 5.74) is 3.21. The van der Waals surface area contributed by atoms with Crippen LogP contribution in [0.25, 0.3) is 5.70 Å². The van der Waals surface area contributed by atoms with Crippen LogP contribution in [0.3, 0.4) is 0 Å². The fourth-order valence-corrected chi connectivity index (χ4v) is 5.30. The Hall–Kier alpha value is -3.72. The van der Waals surface area contributed by atoms with Crippen LogP contribution in [0, 0.1) is 0 Å². The maximum atomic E-state index is 13.6. The van der Waals surface area contributed by atoms with Gasteiger partial charge in [0, 0.05) is 23.4 Å². The van der Waals surface area contributed by atoms with Gasteiger partial charge < -0.3 is 24.4 Å². The maximum Gasteiger partial charge on any atom is 0.338 e. The highest BCUT2D eigenvalue weighted by molar-refractivity contribution is 8.16. The van der Waals surface area contributed by atoms with Gasteiger partial charge in [-0.15, -0.1) is 0 Å². The molecule has 0 spiro atoms. The molecule has 9 heteroatoms.